The molecule has 1 aromatic carbocycles. The van der Waals surface area contributed by atoms with Gasteiger partial charge in [-0.2, -0.15) is 5.10 Å². The molecule has 21 heavy (non-hydrogen) atoms. The first-order valence-corrected chi connectivity index (χ1v) is 7.84. The third-order valence-corrected chi connectivity index (χ3v) is 3.97. The summed E-state index contributed by atoms with van der Waals surface area (Å²) in [7, 11) is 0. The molecule has 1 aromatic heterocycles. The van der Waals surface area contributed by atoms with Crippen molar-refractivity contribution in [3.63, 3.8) is 0 Å². The van der Waals surface area contributed by atoms with Crippen molar-refractivity contribution in [2.75, 3.05) is 0 Å². The Morgan fingerprint density at radius 2 is 1.76 bits per heavy atom. The molecule has 1 N–H and O–H groups in total. The van der Waals surface area contributed by atoms with E-state index in [0.29, 0.717) is 18.9 Å². The van der Waals surface area contributed by atoms with E-state index in [1.807, 2.05) is 42.1 Å². The first-order valence-electron chi connectivity index (χ1n) is 7.84. The molecule has 0 bridgehead atoms. The molecule has 0 saturated heterocycles. The summed E-state index contributed by atoms with van der Waals surface area (Å²) in [6.45, 7) is 6.25. The summed E-state index contributed by atoms with van der Waals surface area (Å²) in [4.78, 5) is 0. The van der Waals surface area contributed by atoms with E-state index >= 15 is 0 Å². The zero-order chi connectivity index (χ0) is 15.3. The molecule has 2 rings (SSSR count). The summed E-state index contributed by atoms with van der Waals surface area (Å²) < 4.78 is 2.04. The summed E-state index contributed by atoms with van der Waals surface area (Å²) in [6.07, 6.45) is 5.42. The molecule has 0 spiro atoms. The molecule has 3 nitrogen and oxygen atoms in total. The van der Waals surface area contributed by atoms with E-state index in [0.717, 1.165) is 24.1 Å². The van der Waals surface area contributed by atoms with Crippen LogP contribution in [0.1, 0.15) is 50.9 Å². The number of hydrogen-bond donors (Lipinski definition) is 1. The minimum Gasteiger partial charge on any atom is -0.389 e. The van der Waals surface area contributed by atoms with Crippen LogP contribution in [0.5, 0.6) is 0 Å². The van der Waals surface area contributed by atoms with Gasteiger partial charge in [-0.05, 0) is 31.4 Å². The van der Waals surface area contributed by atoms with Crippen LogP contribution in [0.25, 0.3) is 0 Å². The average molecular weight is 286 g/mol. The van der Waals surface area contributed by atoms with Gasteiger partial charge < -0.3 is 5.11 Å². The van der Waals surface area contributed by atoms with Crippen LogP contribution in [0.15, 0.2) is 42.6 Å². The maximum absolute atomic E-state index is 10.6. The predicted octanol–water partition coefficient (Wildman–Crippen LogP) is 3.78. The normalized spacial score (nSPS) is 14.3. The molecule has 114 valence electrons. The Balaban J connectivity index is 2.03. The summed E-state index contributed by atoms with van der Waals surface area (Å²) >= 11 is 0. The van der Waals surface area contributed by atoms with Gasteiger partial charge in [-0.25, -0.2) is 0 Å². The third kappa shape index (κ3) is 4.43. The van der Waals surface area contributed by atoms with Crippen molar-refractivity contribution >= 4 is 0 Å². The topological polar surface area (TPSA) is 38.0 Å². The van der Waals surface area contributed by atoms with Gasteiger partial charge in [0.05, 0.1) is 17.3 Å². The van der Waals surface area contributed by atoms with Crippen molar-refractivity contribution in [1.82, 2.24) is 9.78 Å². The minimum atomic E-state index is -0.769. The van der Waals surface area contributed by atoms with E-state index in [-0.39, 0.29) is 0 Å². The quantitative estimate of drug-likeness (QED) is 0.841. The summed E-state index contributed by atoms with van der Waals surface area (Å²) in [6, 6.07) is 12.6. The van der Waals surface area contributed by atoms with Crippen molar-refractivity contribution in [2.45, 2.75) is 58.1 Å². The van der Waals surface area contributed by atoms with Crippen LogP contribution in [-0.4, -0.2) is 20.5 Å². The van der Waals surface area contributed by atoms with Gasteiger partial charge in [0.25, 0.3) is 0 Å². The van der Waals surface area contributed by atoms with Crippen LogP contribution in [0.4, 0.5) is 0 Å². The average Bonchev–Trinajstić information content (AvgIpc) is 2.88. The van der Waals surface area contributed by atoms with Crippen molar-refractivity contribution in [2.24, 2.45) is 0 Å². The predicted molar refractivity (Wildman–Crippen MR) is 86.3 cm³/mol. The van der Waals surface area contributed by atoms with Gasteiger partial charge in [0.15, 0.2) is 0 Å². The maximum atomic E-state index is 10.6. The Morgan fingerprint density at radius 3 is 2.38 bits per heavy atom. The van der Waals surface area contributed by atoms with Crippen LogP contribution < -0.4 is 0 Å². The summed E-state index contributed by atoms with van der Waals surface area (Å²) in [5.41, 5.74) is 1.35. The molecule has 0 aliphatic heterocycles. The number of benzene rings is 1. The fourth-order valence-corrected chi connectivity index (χ4v) is 2.83. The molecule has 0 saturated carbocycles. The van der Waals surface area contributed by atoms with Gasteiger partial charge >= 0.3 is 0 Å². The summed E-state index contributed by atoms with van der Waals surface area (Å²) in [5, 5.41) is 15.3. The van der Waals surface area contributed by atoms with E-state index in [2.05, 4.69) is 31.1 Å². The van der Waals surface area contributed by atoms with Gasteiger partial charge in [0.2, 0.25) is 0 Å². The number of aromatic nitrogens is 2. The second-order valence-corrected chi connectivity index (χ2v) is 6.09. The van der Waals surface area contributed by atoms with Crippen LogP contribution in [0.3, 0.4) is 0 Å². The van der Waals surface area contributed by atoms with E-state index < -0.39 is 5.60 Å². The molecular weight excluding hydrogens is 260 g/mol. The van der Waals surface area contributed by atoms with Crippen LogP contribution in [0.2, 0.25) is 0 Å². The Morgan fingerprint density at radius 1 is 1.10 bits per heavy atom. The molecule has 0 aliphatic carbocycles. The first kappa shape index (κ1) is 15.8. The SMILES string of the molecule is CCC(CC)n1ccc(CC(C)(O)Cc2ccccc2)n1. The highest BCUT2D eigenvalue weighted by molar-refractivity contribution is 5.18. The van der Waals surface area contributed by atoms with Crippen LogP contribution >= 0.6 is 0 Å². The second-order valence-electron chi connectivity index (χ2n) is 6.09. The van der Waals surface area contributed by atoms with E-state index in [9.17, 15) is 5.11 Å². The molecular formula is C18H26N2O. The fraction of sp³-hybridized carbons (Fsp3) is 0.500. The zero-order valence-electron chi connectivity index (χ0n) is 13.3. The van der Waals surface area contributed by atoms with Gasteiger partial charge in [-0.1, -0.05) is 44.2 Å². The lowest BCUT2D eigenvalue weighted by Gasteiger charge is -2.22. The lowest BCUT2D eigenvalue weighted by atomic mass is 9.92. The monoisotopic (exact) mass is 286 g/mol. The Hall–Kier alpha value is -1.61. The smallest absolute Gasteiger partial charge is 0.0715 e. The minimum absolute atomic E-state index is 0.456. The second kappa shape index (κ2) is 6.90. The molecule has 2 aromatic rings. The highest BCUT2D eigenvalue weighted by Crippen LogP contribution is 2.20. The molecule has 3 heteroatoms. The van der Waals surface area contributed by atoms with Gasteiger partial charge in [-0.15, -0.1) is 0 Å². The van der Waals surface area contributed by atoms with Crippen molar-refractivity contribution < 1.29 is 5.11 Å². The van der Waals surface area contributed by atoms with Crippen LogP contribution in [0, 0.1) is 0 Å². The van der Waals surface area contributed by atoms with E-state index in [1.165, 1.54) is 0 Å². The van der Waals surface area contributed by atoms with Crippen molar-refractivity contribution in [3.05, 3.63) is 53.9 Å². The number of hydrogen-bond acceptors (Lipinski definition) is 2. The Bertz CT molecular complexity index is 541. The first-order chi connectivity index (χ1) is 10.0. The molecule has 0 aliphatic rings. The molecule has 1 heterocycles. The standard InChI is InChI=1S/C18H26N2O/c1-4-17(5-2)20-12-11-16(19-20)14-18(3,21)13-15-9-7-6-8-10-15/h6-12,17,21H,4-5,13-14H2,1-3H3. The van der Waals surface area contributed by atoms with Crippen LogP contribution in [-0.2, 0) is 12.8 Å². The highest BCUT2D eigenvalue weighted by atomic mass is 16.3. The van der Waals surface area contributed by atoms with E-state index in [1.54, 1.807) is 0 Å². The third-order valence-electron chi connectivity index (χ3n) is 3.97. The largest absolute Gasteiger partial charge is 0.389 e. The van der Waals surface area contributed by atoms with Gasteiger partial charge in [-0.3, -0.25) is 4.68 Å². The van der Waals surface area contributed by atoms with Gasteiger partial charge in [0.1, 0.15) is 0 Å². The van der Waals surface area contributed by atoms with Gasteiger partial charge in [0, 0.05) is 19.0 Å². The molecule has 0 radical (unpaired) electrons. The molecule has 1 unspecified atom stereocenters. The molecule has 0 amide bonds. The number of nitrogens with zero attached hydrogens (tertiary/aromatic N) is 2. The lowest BCUT2D eigenvalue weighted by molar-refractivity contribution is 0.0596. The molecule has 1 atom stereocenters. The van der Waals surface area contributed by atoms with Crippen molar-refractivity contribution in [1.29, 1.82) is 0 Å². The fourth-order valence-electron chi connectivity index (χ4n) is 2.83. The highest BCUT2D eigenvalue weighted by Gasteiger charge is 2.23. The summed E-state index contributed by atoms with van der Waals surface area (Å²) in [5.74, 6) is 0. The maximum Gasteiger partial charge on any atom is 0.0715 e. The Kier molecular flexibility index (Phi) is 5.18. The lowest BCUT2D eigenvalue weighted by Crippen LogP contribution is -2.30. The number of rotatable bonds is 7. The Labute approximate surface area is 127 Å². The zero-order valence-corrected chi connectivity index (χ0v) is 13.3. The van der Waals surface area contributed by atoms with E-state index in [4.69, 9.17) is 0 Å². The number of aliphatic hydroxyl groups is 1. The molecule has 0 fully saturated rings. The van der Waals surface area contributed by atoms with Crippen molar-refractivity contribution in [3.8, 4) is 0 Å².